The van der Waals surface area contributed by atoms with E-state index in [1.165, 1.54) is 19.3 Å². The summed E-state index contributed by atoms with van der Waals surface area (Å²) in [5, 5.41) is 12.3. The van der Waals surface area contributed by atoms with E-state index in [2.05, 4.69) is 17.1 Å². The Morgan fingerprint density at radius 1 is 1.27 bits per heavy atom. The van der Waals surface area contributed by atoms with Gasteiger partial charge in [0.1, 0.15) is 0 Å². The van der Waals surface area contributed by atoms with E-state index in [1.54, 1.807) is 0 Å². The van der Waals surface area contributed by atoms with Gasteiger partial charge in [-0.3, -0.25) is 14.5 Å². The molecule has 0 spiro atoms. The zero-order chi connectivity index (χ0) is 15.7. The third-order valence-electron chi connectivity index (χ3n) is 5.96. The fourth-order valence-corrected chi connectivity index (χ4v) is 3.84. The smallest absolute Gasteiger partial charge is 0.317 e. The van der Waals surface area contributed by atoms with Gasteiger partial charge in [0.2, 0.25) is 5.91 Å². The fraction of sp³-hybridized carbons (Fsp3) is 0.882. The van der Waals surface area contributed by atoms with Crippen molar-refractivity contribution in [1.29, 1.82) is 0 Å². The van der Waals surface area contributed by atoms with Crippen LogP contribution in [0.3, 0.4) is 0 Å². The van der Waals surface area contributed by atoms with Gasteiger partial charge in [-0.05, 0) is 50.9 Å². The minimum atomic E-state index is -0.743. The minimum Gasteiger partial charge on any atom is -0.480 e. The average Bonchev–Trinajstić information content (AvgIpc) is 3.15. The van der Waals surface area contributed by atoms with Crippen molar-refractivity contribution >= 4 is 11.9 Å². The lowest BCUT2D eigenvalue weighted by molar-refractivity contribution is -0.141. The summed E-state index contributed by atoms with van der Waals surface area (Å²) >= 11 is 0. The molecule has 2 N–H and O–H groups in total. The number of nitrogens with one attached hydrogen (secondary N) is 1. The lowest BCUT2D eigenvalue weighted by atomic mass is 9.66. The first-order chi connectivity index (χ1) is 10.5. The molecule has 5 heteroatoms. The van der Waals surface area contributed by atoms with E-state index in [4.69, 9.17) is 5.11 Å². The molecule has 0 aliphatic heterocycles. The maximum absolute atomic E-state index is 12.4. The summed E-state index contributed by atoms with van der Waals surface area (Å²) in [6.45, 7) is 3.16. The standard InChI is InChI=1S/C17H28N2O3/c1-2-17(6-3-7-17)16(22)18-13-8-14(9-13)19(11-15(20)21)10-12-4-5-12/h12-14H,2-11H2,1H3,(H,18,22)(H,20,21). The van der Waals surface area contributed by atoms with Crippen molar-refractivity contribution in [2.75, 3.05) is 13.1 Å². The van der Waals surface area contributed by atoms with Crippen molar-refractivity contribution in [1.82, 2.24) is 10.2 Å². The van der Waals surface area contributed by atoms with Gasteiger partial charge >= 0.3 is 5.97 Å². The molecule has 3 aliphatic carbocycles. The molecule has 0 atom stereocenters. The van der Waals surface area contributed by atoms with Crippen LogP contribution in [-0.2, 0) is 9.59 Å². The molecule has 3 fully saturated rings. The molecule has 0 unspecified atom stereocenters. The van der Waals surface area contributed by atoms with Crippen LogP contribution in [0.4, 0.5) is 0 Å². The third kappa shape index (κ3) is 3.29. The summed E-state index contributed by atoms with van der Waals surface area (Å²) < 4.78 is 0. The highest BCUT2D eigenvalue weighted by Gasteiger charge is 2.45. The number of carbonyl (C=O) groups excluding carboxylic acids is 1. The molecule has 0 aromatic rings. The van der Waals surface area contributed by atoms with Crippen LogP contribution >= 0.6 is 0 Å². The van der Waals surface area contributed by atoms with Crippen molar-refractivity contribution in [3.05, 3.63) is 0 Å². The Bertz CT molecular complexity index is 432. The second-order valence-corrected chi connectivity index (χ2v) is 7.55. The van der Waals surface area contributed by atoms with Gasteiger partial charge in [-0.25, -0.2) is 0 Å². The van der Waals surface area contributed by atoms with Crippen molar-refractivity contribution in [3.63, 3.8) is 0 Å². The predicted octanol–water partition coefficient (Wildman–Crippen LogP) is 2.01. The topological polar surface area (TPSA) is 69.6 Å². The number of hydrogen-bond acceptors (Lipinski definition) is 3. The monoisotopic (exact) mass is 308 g/mol. The van der Waals surface area contributed by atoms with Gasteiger partial charge in [0.25, 0.3) is 0 Å². The molecular weight excluding hydrogens is 280 g/mol. The molecule has 0 aromatic carbocycles. The van der Waals surface area contributed by atoms with Crippen LogP contribution in [0.2, 0.25) is 0 Å². The van der Waals surface area contributed by atoms with Gasteiger partial charge in [-0.2, -0.15) is 0 Å². The van der Waals surface area contributed by atoms with Crippen molar-refractivity contribution < 1.29 is 14.7 Å². The van der Waals surface area contributed by atoms with E-state index in [0.29, 0.717) is 12.0 Å². The molecule has 3 saturated carbocycles. The first-order valence-electron chi connectivity index (χ1n) is 8.79. The molecule has 22 heavy (non-hydrogen) atoms. The SMILES string of the molecule is CCC1(C(=O)NC2CC(N(CC(=O)O)CC3CC3)C2)CCC1. The highest BCUT2D eigenvalue weighted by atomic mass is 16.4. The van der Waals surface area contributed by atoms with Gasteiger partial charge < -0.3 is 10.4 Å². The highest BCUT2D eigenvalue weighted by Crippen LogP contribution is 2.44. The Kier molecular flexibility index (Phi) is 4.44. The van der Waals surface area contributed by atoms with Crippen LogP contribution in [-0.4, -0.2) is 47.1 Å². The Labute approximate surface area is 132 Å². The lowest BCUT2D eigenvalue weighted by Crippen LogP contribution is -2.58. The maximum atomic E-state index is 12.4. The van der Waals surface area contributed by atoms with Gasteiger partial charge in [0, 0.05) is 24.0 Å². The molecule has 0 bridgehead atoms. The Hall–Kier alpha value is -1.10. The minimum absolute atomic E-state index is 0.0974. The number of carboxylic acid groups (broad SMARTS) is 1. The maximum Gasteiger partial charge on any atom is 0.317 e. The van der Waals surface area contributed by atoms with E-state index in [9.17, 15) is 9.59 Å². The van der Waals surface area contributed by atoms with E-state index in [-0.39, 0.29) is 23.9 Å². The second-order valence-electron chi connectivity index (χ2n) is 7.55. The summed E-state index contributed by atoms with van der Waals surface area (Å²) in [5.74, 6) is 0.190. The quantitative estimate of drug-likeness (QED) is 0.719. The molecule has 0 radical (unpaired) electrons. The largest absolute Gasteiger partial charge is 0.480 e. The Morgan fingerprint density at radius 2 is 1.95 bits per heavy atom. The van der Waals surface area contributed by atoms with Crippen LogP contribution in [0.5, 0.6) is 0 Å². The van der Waals surface area contributed by atoms with Crippen molar-refractivity contribution in [2.45, 2.75) is 70.4 Å². The molecule has 3 rings (SSSR count). The summed E-state index contributed by atoms with van der Waals surface area (Å²) in [6, 6.07) is 0.581. The van der Waals surface area contributed by atoms with E-state index in [1.807, 2.05) is 0 Å². The number of carbonyl (C=O) groups is 2. The van der Waals surface area contributed by atoms with E-state index in [0.717, 1.165) is 38.6 Å². The van der Waals surface area contributed by atoms with Crippen LogP contribution in [0.15, 0.2) is 0 Å². The first-order valence-corrected chi connectivity index (χ1v) is 8.79. The number of amides is 1. The highest BCUT2D eigenvalue weighted by molar-refractivity contribution is 5.83. The van der Waals surface area contributed by atoms with Crippen molar-refractivity contribution in [3.8, 4) is 0 Å². The number of hydrogen-bond donors (Lipinski definition) is 2. The van der Waals surface area contributed by atoms with Gasteiger partial charge in [0.05, 0.1) is 6.54 Å². The van der Waals surface area contributed by atoms with Gasteiger partial charge in [0.15, 0.2) is 0 Å². The lowest BCUT2D eigenvalue weighted by Gasteiger charge is -2.46. The zero-order valence-electron chi connectivity index (χ0n) is 13.5. The summed E-state index contributed by atoms with van der Waals surface area (Å²) in [7, 11) is 0. The van der Waals surface area contributed by atoms with E-state index >= 15 is 0 Å². The Morgan fingerprint density at radius 3 is 2.41 bits per heavy atom. The van der Waals surface area contributed by atoms with Crippen LogP contribution in [0.25, 0.3) is 0 Å². The summed E-state index contributed by atoms with van der Waals surface area (Å²) in [5.41, 5.74) is -0.0974. The molecular formula is C17H28N2O3. The van der Waals surface area contributed by atoms with Gasteiger partial charge in [-0.15, -0.1) is 0 Å². The number of aliphatic carboxylic acids is 1. The Balaban J connectivity index is 1.45. The van der Waals surface area contributed by atoms with Crippen LogP contribution in [0, 0.1) is 11.3 Å². The molecule has 0 saturated heterocycles. The van der Waals surface area contributed by atoms with Crippen molar-refractivity contribution in [2.24, 2.45) is 11.3 Å². The third-order valence-corrected chi connectivity index (χ3v) is 5.96. The predicted molar refractivity (Wildman–Crippen MR) is 83.5 cm³/mol. The number of rotatable bonds is 8. The molecule has 0 heterocycles. The van der Waals surface area contributed by atoms with E-state index < -0.39 is 5.97 Å². The van der Waals surface area contributed by atoms with Crippen LogP contribution in [0.1, 0.15) is 58.3 Å². The second kappa shape index (κ2) is 6.19. The molecule has 3 aliphatic rings. The van der Waals surface area contributed by atoms with Crippen LogP contribution < -0.4 is 5.32 Å². The first kappa shape index (κ1) is 15.8. The number of carboxylic acids is 1. The summed E-state index contributed by atoms with van der Waals surface area (Å²) in [4.78, 5) is 25.5. The number of nitrogens with zero attached hydrogens (tertiary/aromatic N) is 1. The molecule has 0 aromatic heterocycles. The molecule has 5 nitrogen and oxygen atoms in total. The zero-order valence-corrected chi connectivity index (χ0v) is 13.5. The molecule has 1 amide bonds. The van der Waals surface area contributed by atoms with Gasteiger partial charge in [-0.1, -0.05) is 13.3 Å². The summed E-state index contributed by atoms with van der Waals surface area (Å²) in [6.07, 6.45) is 8.45. The normalized spacial score (nSPS) is 29.5. The molecule has 124 valence electrons. The fourth-order valence-electron chi connectivity index (χ4n) is 3.84. The average molecular weight is 308 g/mol.